The third-order valence-electron chi connectivity index (χ3n) is 4.51. The summed E-state index contributed by atoms with van der Waals surface area (Å²) in [5.41, 5.74) is 8.63. The Morgan fingerprint density at radius 3 is 2.70 bits per heavy atom. The number of nitrogens with one attached hydrogen (secondary N) is 1. The van der Waals surface area contributed by atoms with Gasteiger partial charge in [0.15, 0.2) is 5.69 Å². The SMILES string of the molecule is N=Nc1c(O)n(CCC2CCCCC2)c2ccccc12. The van der Waals surface area contributed by atoms with Crippen molar-refractivity contribution in [3.63, 3.8) is 0 Å². The Hall–Kier alpha value is -1.84. The minimum absolute atomic E-state index is 0.136. The van der Waals surface area contributed by atoms with Crippen molar-refractivity contribution in [1.82, 2.24) is 4.57 Å². The number of benzene rings is 1. The molecule has 0 amide bonds. The summed E-state index contributed by atoms with van der Waals surface area (Å²) in [5, 5.41) is 14.6. The van der Waals surface area contributed by atoms with Gasteiger partial charge in [-0.15, -0.1) is 0 Å². The van der Waals surface area contributed by atoms with Crippen LogP contribution in [0.25, 0.3) is 10.9 Å². The van der Waals surface area contributed by atoms with E-state index < -0.39 is 0 Å². The first kappa shape index (κ1) is 13.2. The first-order chi connectivity index (χ1) is 9.81. The number of nitrogens with zero attached hydrogens (tertiary/aromatic N) is 2. The molecule has 0 spiro atoms. The highest BCUT2D eigenvalue weighted by atomic mass is 16.3. The number of hydrogen-bond acceptors (Lipinski definition) is 3. The molecule has 0 saturated heterocycles. The predicted molar refractivity (Wildman–Crippen MR) is 79.6 cm³/mol. The number of fused-ring (bicyclic) bond motifs is 1. The second-order valence-corrected chi connectivity index (χ2v) is 5.75. The first-order valence-electron chi connectivity index (χ1n) is 7.49. The molecule has 0 bridgehead atoms. The lowest BCUT2D eigenvalue weighted by molar-refractivity contribution is 0.317. The standard InChI is InChI=1S/C16H21N3O/c17-18-15-13-8-4-5-9-14(13)19(16(15)20)11-10-12-6-2-1-3-7-12/h4-5,8-9,12,17,20H,1-3,6-7,10-11H2. The summed E-state index contributed by atoms with van der Waals surface area (Å²) < 4.78 is 1.91. The van der Waals surface area contributed by atoms with Crippen LogP contribution in [-0.4, -0.2) is 9.67 Å². The van der Waals surface area contributed by atoms with Crippen molar-refractivity contribution in [2.75, 3.05) is 0 Å². The monoisotopic (exact) mass is 271 g/mol. The van der Waals surface area contributed by atoms with Gasteiger partial charge < -0.3 is 9.67 Å². The summed E-state index contributed by atoms with van der Waals surface area (Å²) in [6.45, 7) is 0.812. The van der Waals surface area contributed by atoms with E-state index in [4.69, 9.17) is 5.53 Å². The molecule has 2 N–H and O–H groups in total. The summed E-state index contributed by atoms with van der Waals surface area (Å²) in [7, 11) is 0. The molecular weight excluding hydrogens is 250 g/mol. The molecule has 3 rings (SSSR count). The van der Waals surface area contributed by atoms with Crippen molar-refractivity contribution in [3.8, 4) is 5.88 Å². The quantitative estimate of drug-likeness (QED) is 0.757. The van der Waals surface area contributed by atoms with Crippen LogP contribution in [0.2, 0.25) is 0 Å². The Balaban J connectivity index is 1.86. The second-order valence-electron chi connectivity index (χ2n) is 5.75. The number of para-hydroxylation sites is 1. The van der Waals surface area contributed by atoms with Crippen LogP contribution in [0.15, 0.2) is 29.4 Å². The Kier molecular flexibility index (Phi) is 3.72. The largest absolute Gasteiger partial charge is 0.493 e. The molecule has 1 heterocycles. The van der Waals surface area contributed by atoms with Crippen molar-refractivity contribution in [2.24, 2.45) is 11.0 Å². The summed E-state index contributed by atoms with van der Waals surface area (Å²) in [5.74, 6) is 0.915. The molecule has 0 unspecified atom stereocenters. The molecule has 4 heteroatoms. The van der Waals surface area contributed by atoms with E-state index >= 15 is 0 Å². The normalized spacial score (nSPS) is 16.6. The van der Waals surface area contributed by atoms with Crippen LogP contribution in [0, 0.1) is 11.4 Å². The molecule has 20 heavy (non-hydrogen) atoms. The zero-order valence-corrected chi connectivity index (χ0v) is 11.7. The number of rotatable bonds is 4. The third-order valence-corrected chi connectivity index (χ3v) is 4.51. The molecule has 1 aliphatic rings. The number of hydrogen-bond donors (Lipinski definition) is 2. The summed E-state index contributed by atoms with van der Waals surface area (Å²) in [6, 6.07) is 7.79. The van der Waals surface area contributed by atoms with E-state index in [2.05, 4.69) is 5.11 Å². The topological polar surface area (TPSA) is 61.4 Å². The van der Waals surface area contributed by atoms with Crippen LogP contribution in [-0.2, 0) is 6.54 Å². The van der Waals surface area contributed by atoms with Gasteiger partial charge in [0.2, 0.25) is 5.88 Å². The van der Waals surface area contributed by atoms with Gasteiger partial charge in [0, 0.05) is 11.9 Å². The number of aromatic nitrogens is 1. The molecule has 1 aromatic carbocycles. The van der Waals surface area contributed by atoms with Crippen molar-refractivity contribution >= 4 is 16.6 Å². The highest BCUT2D eigenvalue weighted by molar-refractivity contribution is 5.94. The summed E-state index contributed by atoms with van der Waals surface area (Å²) >= 11 is 0. The Bertz CT molecular complexity index is 611. The minimum atomic E-state index is 0.136. The molecule has 4 nitrogen and oxygen atoms in total. The highest BCUT2D eigenvalue weighted by Crippen LogP contribution is 2.39. The highest BCUT2D eigenvalue weighted by Gasteiger charge is 2.18. The Morgan fingerprint density at radius 2 is 1.95 bits per heavy atom. The fourth-order valence-corrected chi connectivity index (χ4v) is 3.40. The van der Waals surface area contributed by atoms with Gasteiger partial charge in [-0.05, 0) is 18.4 Å². The Morgan fingerprint density at radius 1 is 1.20 bits per heavy atom. The zero-order chi connectivity index (χ0) is 13.9. The molecule has 0 radical (unpaired) electrons. The van der Waals surface area contributed by atoms with Crippen LogP contribution in [0.5, 0.6) is 5.88 Å². The molecule has 1 saturated carbocycles. The zero-order valence-electron chi connectivity index (χ0n) is 11.7. The maximum Gasteiger partial charge on any atom is 0.220 e. The van der Waals surface area contributed by atoms with E-state index in [1.165, 1.54) is 32.1 Å². The van der Waals surface area contributed by atoms with Crippen LogP contribution >= 0.6 is 0 Å². The van der Waals surface area contributed by atoms with Gasteiger partial charge in [0.1, 0.15) is 0 Å². The van der Waals surface area contributed by atoms with Crippen LogP contribution in [0.3, 0.4) is 0 Å². The molecule has 1 aromatic heterocycles. The summed E-state index contributed by atoms with van der Waals surface area (Å²) in [4.78, 5) is 0. The molecule has 106 valence electrons. The summed E-state index contributed by atoms with van der Waals surface area (Å²) in [6.07, 6.45) is 7.79. The van der Waals surface area contributed by atoms with E-state index in [9.17, 15) is 5.11 Å². The average molecular weight is 271 g/mol. The average Bonchev–Trinajstić information content (AvgIpc) is 2.77. The van der Waals surface area contributed by atoms with Gasteiger partial charge in [0.05, 0.1) is 5.52 Å². The molecule has 2 aromatic rings. The lowest BCUT2D eigenvalue weighted by atomic mass is 9.87. The van der Waals surface area contributed by atoms with Crippen LogP contribution in [0.1, 0.15) is 38.5 Å². The van der Waals surface area contributed by atoms with Crippen LogP contribution in [0.4, 0.5) is 5.69 Å². The molecular formula is C16H21N3O. The van der Waals surface area contributed by atoms with Gasteiger partial charge >= 0.3 is 0 Å². The smallest absolute Gasteiger partial charge is 0.220 e. The fraction of sp³-hybridized carbons (Fsp3) is 0.500. The minimum Gasteiger partial charge on any atom is -0.493 e. The maximum atomic E-state index is 10.3. The van der Waals surface area contributed by atoms with Gasteiger partial charge in [-0.3, -0.25) is 0 Å². The predicted octanol–water partition coefficient (Wildman–Crippen LogP) is 4.98. The Labute approximate surface area is 118 Å². The lowest BCUT2D eigenvalue weighted by Gasteiger charge is -2.21. The van der Waals surface area contributed by atoms with Crippen molar-refractivity contribution < 1.29 is 5.11 Å². The van der Waals surface area contributed by atoms with Gasteiger partial charge in [-0.2, -0.15) is 5.11 Å². The van der Waals surface area contributed by atoms with Gasteiger partial charge in [-0.25, -0.2) is 5.53 Å². The van der Waals surface area contributed by atoms with Crippen molar-refractivity contribution in [2.45, 2.75) is 45.1 Å². The molecule has 0 aliphatic heterocycles. The van der Waals surface area contributed by atoms with Crippen molar-refractivity contribution in [3.05, 3.63) is 24.3 Å². The lowest BCUT2D eigenvalue weighted by Crippen LogP contribution is -2.09. The third kappa shape index (κ3) is 2.30. The number of aryl methyl sites for hydroxylation is 1. The van der Waals surface area contributed by atoms with E-state index in [0.717, 1.165) is 29.8 Å². The number of aromatic hydroxyl groups is 1. The molecule has 0 atom stereocenters. The van der Waals surface area contributed by atoms with Crippen molar-refractivity contribution in [1.29, 1.82) is 5.53 Å². The fourth-order valence-electron chi connectivity index (χ4n) is 3.40. The van der Waals surface area contributed by atoms with E-state index in [1.54, 1.807) is 0 Å². The molecule has 1 fully saturated rings. The first-order valence-corrected chi connectivity index (χ1v) is 7.49. The van der Waals surface area contributed by atoms with E-state index in [1.807, 2.05) is 28.8 Å². The van der Waals surface area contributed by atoms with Crippen LogP contribution < -0.4 is 0 Å². The maximum absolute atomic E-state index is 10.3. The van der Waals surface area contributed by atoms with Gasteiger partial charge in [0.25, 0.3) is 0 Å². The molecule has 1 aliphatic carbocycles. The van der Waals surface area contributed by atoms with E-state index in [-0.39, 0.29) is 5.88 Å². The second kappa shape index (κ2) is 5.65. The van der Waals surface area contributed by atoms with Gasteiger partial charge in [-0.1, -0.05) is 50.3 Å². The van der Waals surface area contributed by atoms with E-state index in [0.29, 0.717) is 5.69 Å².